The van der Waals surface area contributed by atoms with Gasteiger partial charge in [0.2, 0.25) is 0 Å². The molecule has 1 amide bonds. The summed E-state index contributed by atoms with van der Waals surface area (Å²) in [6, 6.07) is 7.71. The summed E-state index contributed by atoms with van der Waals surface area (Å²) in [5, 5.41) is 12.4. The van der Waals surface area contributed by atoms with Crippen molar-refractivity contribution in [2.45, 2.75) is 13.1 Å². The maximum absolute atomic E-state index is 11.6. The smallest absolute Gasteiger partial charge is 0.273 e. The number of hydrogen-bond donors (Lipinski definition) is 3. The van der Waals surface area contributed by atoms with E-state index in [9.17, 15) is 4.79 Å². The molecule has 1 heterocycles. The molecule has 6 heteroatoms. The second-order valence-corrected chi connectivity index (χ2v) is 3.51. The molecule has 4 N–H and O–H groups in total. The SMILES string of the molecule is NCc1ccccc1CNC(=O)c1cn[nH]n1. The molecule has 0 aliphatic carbocycles. The third-order valence-electron chi connectivity index (χ3n) is 2.43. The van der Waals surface area contributed by atoms with Crippen molar-refractivity contribution in [1.82, 2.24) is 20.7 Å². The summed E-state index contributed by atoms with van der Waals surface area (Å²) in [5.41, 5.74) is 7.91. The monoisotopic (exact) mass is 231 g/mol. The van der Waals surface area contributed by atoms with E-state index in [1.54, 1.807) is 0 Å². The molecule has 0 bridgehead atoms. The highest BCUT2D eigenvalue weighted by Gasteiger charge is 2.08. The topological polar surface area (TPSA) is 96.7 Å². The Labute approximate surface area is 98.2 Å². The van der Waals surface area contributed by atoms with Crippen LogP contribution in [0.4, 0.5) is 0 Å². The molecular formula is C11H13N5O. The number of carbonyl (C=O) groups excluding carboxylic acids is 1. The van der Waals surface area contributed by atoms with Crippen molar-refractivity contribution in [3.05, 3.63) is 47.3 Å². The fourth-order valence-electron chi connectivity index (χ4n) is 1.51. The normalized spacial score (nSPS) is 10.2. The molecule has 1 aromatic heterocycles. The summed E-state index contributed by atoms with van der Waals surface area (Å²) in [5.74, 6) is -0.259. The van der Waals surface area contributed by atoms with Crippen LogP contribution in [0.5, 0.6) is 0 Å². The van der Waals surface area contributed by atoms with Gasteiger partial charge in [-0.15, -0.1) is 0 Å². The van der Waals surface area contributed by atoms with Crippen LogP contribution < -0.4 is 11.1 Å². The van der Waals surface area contributed by atoms with Crippen molar-refractivity contribution in [3.8, 4) is 0 Å². The zero-order valence-corrected chi connectivity index (χ0v) is 9.18. The van der Waals surface area contributed by atoms with Gasteiger partial charge in [-0.05, 0) is 11.1 Å². The van der Waals surface area contributed by atoms with Crippen molar-refractivity contribution in [3.63, 3.8) is 0 Å². The van der Waals surface area contributed by atoms with Gasteiger partial charge in [-0.2, -0.15) is 15.4 Å². The highest BCUT2D eigenvalue weighted by molar-refractivity contribution is 5.91. The molecular weight excluding hydrogens is 218 g/mol. The van der Waals surface area contributed by atoms with Crippen molar-refractivity contribution < 1.29 is 4.79 Å². The quantitative estimate of drug-likeness (QED) is 0.700. The zero-order chi connectivity index (χ0) is 12.1. The molecule has 0 radical (unpaired) electrons. The molecule has 2 aromatic rings. The summed E-state index contributed by atoms with van der Waals surface area (Å²) >= 11 is 0. The van der Waals surface area contributed by atoms with E-state index in [1.807, 2.05) is 24.3 Å². The van der Waals surface area contributed by atoms with Crippen LogP contribution >= 0.6 is 0 Å². The summed E-state index contributed by atoms with van der Waals surface area (Å²) in [6.07, 6.45) is 1.38. The highest BCUT2D eigenvalue weighted by atomic mass is 16.1. The predicted octanol–water partition coefficient (Wildman–Crippen LogP) is 0.193. The van der Waals surface area contributed by atoms with Crippen molar-refractivity contribution in [1.29, 1.82) is 0 Å². The number of benzene rings is 1. The maximum Gasteiger partial charge on any atom is 0.273 e. The molecule has 0 spiro atoms. The van der Waals surface area contributed by atoms with Crippen LogP contribution in [0.2, 0.25) is 0 Å². The highest BCUT2D eigenvalue weighted by Crippen LogP contribution is 2.07. The molecule has 88 valence electrons. The molecule has 6 nitrogen and oxygen atoms in total. The Morgan fingerprint density at radius 3 is 2.76 bits per heavy atom. The Kier molecular flexibility index (Phi) is 3.46. The molecule has 0 aliphatic rings. The van der Waals surface area contributed by atoms with E-state index < -0.39 is 0 Å². The van der Waals surface area contributed by atoms with Gasteiger partial charge in [-0.3, -0.25) is 4.79 Å². The predicted molar refractivity (Wildman–Crippen MR) is 61.9 cm³/mol. The molecule has 0 atom stereocenters. The molecule has 0 saturated carbocycles. The van der Waals surface area contributed by atoms with Gasteiger partial charge in [0, 0.05) is 13.1 Å². The van der Waals surface area contributed by atoms with Crippen LogP contribution in [0.15, 0.2) is 30.5 Å². The largest absolute Gasteiger partial charge is 0.347 e. The lowest BCUT2D eigenvalue weighted by Gasteiger charge is -2.07. The molecule has 0 aliphatic heterocycles. The van der Waals surface area contributed by atoms with Crippen molar-refractivity contribution >= 4 is 5.91 Å². The minimum Gasteiger partial charge on any atom is -0.347 e. The fraction of sp³-hybridized carbons (Fsp3) is 0.182. The van der Waals surface area contributed by atoms with E-state index in [-0.39, 0.29) is 11.6 Å². The van der Waals surface area contributed by atoms with Crippen LogP contribution in [-0.4, -0.2) is 21.3 Å². The zero-order valence-electron chi connectivity index (χ0n) is 9.18. The maximum atomic E-state index is 11.6. The standard InChI is InChI=1S/C11H13N5O/c12-5-8-3-1-2-4-9(8)6-13-11(17)10-7-14-16-15-10/h1-4,7H,5-6,12H2,(H,13,17)(H,14,15,16). The van der Waals surface area contributed by atoms with Crippen molar-refractivity contribution in [2.75, 3.05) is 0 Å². The Balaban J connectivity index is 2.00. The third-order valence-corrected chi connectivity index (χ3v) is 2.43. The van der Waals surface area contributed by atoms with E-state index in [4.69, 9.17) is 5.73 Å². The van der Waals surface area contributed by atoms with Crippen LogP contribution in [0.1, 0.15) is 21.6 Å². The lowest BCUT2D eigenvalue weighted by atomic mass is 10.1. The number of aromatic amines is 1. The first-order valence-electron chi connectivity index (χ1n) is 5.22. The Morgan fingerprint density at radius 2 is 2.12 bits per heavy atom. The Hall–Kier alpha value is -2.21. The van der Waals surface area contributed by atoms with Crippen LogP contribution in [-0.2, 0) is 13.1 Å². The number of carbonyl (C=O) groups is 1. The van der Waals surface area contributed by atoms with Crippen molar-refractivity contribution in [2.24, 2.45) is 5.73 Å². The molecule has 0 saturated heterocycles. The van der Waals surface area contributed by atoms with Crippen LogP contribution in [0.3, 0.4) is 0 Å². The number of aromatic nitrogens is 3. The number of nitrogens with zero attached hydrogens (tertiary/aromatic N) is 2. The molecule has 1 aromatic carbocycles. The second-order valence-electron chi connectivity index (χ2n) is 3.51. The van der Waals surface area contributed by atoms with Gasteiger partial charge in [-0.25, -0.2) is 0 Å². The lowest BCUT2D eigenvalue weighted by molar-refractivity contribution is 0.0946. The van der Waals surface area contributed by atoms with E-state index >= 15 is 0 Å². The first-order valence-corrected chi connectivity index (χ1v) is 5.22. The van der Waals surface area contributed by atoms with Gasteiger partial charge in [0.15, 0.2) is 5.69 Å². The van der Waals surface area contributed by atoms with Gasteiger partial charge in [0.05, 0.1) is 6.20 Å². The number of H-pyrrole nitrogens is 1. The minimum atomic E-state index is -0.259. The summed E-state index contributed by atoms with van der Waals surface area (Å²) in [4.78, 5) is 11.6. The van der Waals surface area contributed by atoms with Gasteiger partial charge in [-0.1, -0.05) is 24.3 Å². The molecule has 2 rings (SSSR count). The lowest BCUT2D eigenvalue weighted by Crippen LogP contribution is -2.24. The average Bonchev–Trinajstić information content (AvgIpc) is 2.90. The third kappa shape index (κ3) is 2.67. The van der Waals surface area contributed by atoms with Gasteiger partial charge >= 0.3 is 0 Å². The minimum absolute atomic E-state index is 0.259. The van der Waals surface area contributed by atoms with E-state index in [2.05, 4.69) is 20.7 Å². The number of amides is 1. The van der Waals surface area contributed by atoms with Crippen LogP contribution in [0, 0.1) is 0 Å². The second kappa shape index (κ2) is 5.22. The Bertz CT molecular complexity index is 494. The van der Waals surface area contributed by atoms with E-state index in [1.165, 1.54) is 6.20 Å². The fourth-order valence-corrected chi connectivity index (χ4v) is 1.51. The summed E-state index contributed by atoms with van der Waals surface area (Å²) in [7, 11) is 0. The summed E-state index contributed by atoms with van der Waals surface area (Å²) < 4.78 is 0. The van der Waals surface area contributed by atoms with Gasteiger partial charge in [0.1, 0.15) is 0 Å². The van der Waals surface area contributed by atoms with Crippen LogP contribution in [0.25, 0.3) is 0 Å². The van der Waals surface area contributed by atoms with Gasteiger partial charge < -0.3 is 11.1 Å². The number of hydrogen-bond acceptors (Lipinski definition) is 4. The van der Waals surface area contributed by atoms with E-state index in [0.717, 1.165) is 11.1 Å². The Morgan fingerprint density at radius 1 is 1.35 bits per heavy atom. The van der Waals surface area contributed by atoms with Gasteiger partial charge in [0.25, 0.3) is 5.91 Å². The first kappa shape index (κ1) is 11.3. The molecule has 0 unspecified atom stereocenters. The van der Waals surface area contributed by atoms with E-state index in [0.29, 0.717) is 13.1 Å². The summed E-state index contributed by atoms with van der Waals surface area (Å²) in [6.45, 7) is 0.884. The first-order chi connectivity index (χ1) is 8.31. The molecule has 0 fully saturated rings. The molecule has 17 heavy (non-hydrogen) atoms. The number of rotatable bonds is 4. The number of nitrogens with two attached hydrogens (primary N) is 1. The average molecular weight is 231 g/mol. The number of nitrogens with one attached hydrogen (secondary N) is 2.